The van der Waals surface area contributed by atoms with Crippen LogP contribution in [0.25, 0.3) is 0 Å². The summed E-state index contributed by atoms with van der Waals surface area (Å²) in [6.07, 6.45) is 18.1. The second-order valence-electron chi connectivity index (χ2n) is 8.49. The van der Waals surface area contributed by atoms with Gasteiger partial charge in [0.05, 0.1) is 0 Å². The second-order valence-corrected chi connectivity index (χ2v) is 8.49. The summed E-state index contributed by atoms with van der Waals surface area (Å²) in [5, 5.41) is 0. The van der Waals surface area contributed by atoms with E-state index < -0.39 is 0 Å². The Bertz CT molecular complexity index is 518. The van der Waals surface area contributed by atoms with Gasteiger partial charge in [-0.1, -0.05) is 74.5 Å². The molecule has 3 aliphatic rings. The largest absolute Gasteiger partial charge is 0.325 e. The first-order valence-corrected chi connectivity index (χ1v) is 10.9. The van der Waals surface area contributed by atoms with E-state index in [4.69, 9.17) is 0 Å². The second kappa shape index (κ2) is 12.3. The summed E-state index contributed by atoms with van der Waals surface area (Å²) >= 11 is 0. The molecule has 0 saturated heterocycles. The SMILES string of the molecule is C.C=CN1C=CC(C2CC2)=C(CC)/C1=C/C.CC.CC1CCC(C)(C)CC1. The molecular formula is C26H47N. The smallest absolute Gasteiger partial charge is 0.0441 e. The number of allylic oxidation sites excluding steroid dienone is 4. The molecule has 0 bridgehead atoms. The van der Waals surface area contributed by atoms with Gasteiger partial charge in [0.2, 0.25) is 0 Å². The number of rotatable bonds is 3. The molecule has 27 heavy (non-hydrogen) atoms. The molecule has 1 heteroatoms. The van der Waals surface area contributed by atoms with Gasteiger partial charge in [0.15, 0.2) is 0 Å². The normalized spacial score (nSPS) is 22.9. The molecule has 1 heterocycles. The third-order valence-electron chi connectivity index (χ3n) is 5.82. The minimum atomic E-state index is 0. The Morgan fingerprint density at radius 2 is 1.70 bits per heavy atom. The van der Waals surface area contributed by atoms with Crippen LogP contribution in [0.1, 0.15) is 101 Å². The van der Waals surface area contributed by atoms with Crippen LogP contribution in [-0.2, 0) is 0 Å². The number of hydrogen-bond donors (Lipinski definition) is 0. The van der Waals surface area contributed by atoms with Crippen molar-refractivity contribution >= 4 is 0 Å². The first-order valence-electron chi connectivity index (χ1n) is 10.9. The third kappa shape index (κ3) is 7.72. The maximum Gasteiger partial charge on any atom is 0.0441 e. The lowest BCUT2D eigenvalue weighted by molar-refractivity contribution is 0.201. The van der Waals surface area contributed by atoms with Crippen LogP contribution in [0.4, 0.5) is 0 Å². The Labute approximate surface area is 171 Å². The van der Waals surface area contributed by atoms with E-state index in [0.29, 0.717) is 5.41 Å². The fraction of sp³-hybridized carbons (Fsp3) is 0.692. The quantitative estimate of drug-likeness (QED) is 0.477. The van der Waals surface area contributed by atoms with Gasteiger partial charge in [0.1, 0.15) is 0 Å². The molecule has 0 N–H and O–H groups in total. The van der Waals surface area contributed by atoms with Crippen molar-refractivity contribution < 1.29 is 0 Å². The molecule has 1 nitrogen and oxygen atoms in total. The summed E-state index contributed by atoms with van der Waals surface area (Å²) in [7, 11) is 0. The fourth-order valence-electron chi connectivity index (χ4n) is 3.83. The van der Waals surface area contributed by atoms with Crippen molar-refractivity contribution in [1.29, 1.82) is 0 Å². The van der Waals surface area contributed by atoms with Crippen LogP contribution in [0, 0.1) is 17.3 Å². The minimum absolute atomic E-state index is 0. The van der Waals surface area contributed by atoms with Crippen molar-refractivity contribution in [2.45, 2.75) is 101 Å². The summed E-state index contributed by atoms with van der Waals surface area (Å²) in [6.45, 7) is 19.3. The van der Waals surface area contributed by atoms with Gasteiger partial charge >= 0.3 is 0 Å². The number of nitrogens with zero attached hydrogens (tertiary/aromatic N) is 1. The van der Waals surface area contributed by atoms with Crippen molar-refractivity contribution in [2.24, 2.45) is 17.3 Å². The Hall–Kier alpha value is -1.24. The van der Waals surface area contributed by atoms with E-state index in [1.54, 1.807) is 5.57 Å². The summed E-state index contributed by atoms with van der Waals surface area (Å²) in [4.78, 5) is 2.12. The molecule has 0 radical (unpaired) electrons. The molecular weight excluding hydrogens is 326 g/mol. The molecule has 0 spiro atoms. The monoisotopic (exact) mass is 373 g/mol. The summed E-state index contributed by atoms with van der Waals surface area (Å²) in [5.41, 5.74) is 5.04. The van der Waals surface area contributed by atoms with Crippen LogP contribution in [0.2, 0.25) is 0 Å². The summed E-state index contributed by atoms with van der Waals surface area (Å²) in [6, 6.07) is 0. The molecule has 3 rings (SSSR count). The molecule has 2 aliphatic carbocycles. The topological polar surface area (TPSA) is 3.24 Å². The highest BCUT2D eigenvalue weighted by atomic mass is 15.1. The van der Waals surface area contributed by atoms with Crippen molar-refractivity contribution in [3.8, 4) is 0 Å². The highest BCUT2D eigenvalue weighted by Gasteiger charge is 2.29. The van der Waals surface area contributed by atoms with Gasteiger partial charge in [-0.2, -0.15) is 0 Å². The van der Waals surface area contributed by atoms with Gasteiger partial charge in [-0.05, 0) is 73.5 Å². The van der Waals surface area contributed by atoms with Gasteiger partial charge in [0, 0.05) is 18.1 Å². The first kappa shape index (κ1) is 25.8. The van der Waals surface area contributed by atoms with Gasteiger partial charge in [0.25, 0.3) is 0 Å². The van der Waals surface area contributed by atoms with Crippen LogP contribution in [0.3, 0.4) is 0 Å². The highest BCUT2D eigenvalue weighted by molar-refractivity contribution is 5.46. The molecule has 1 aliphatic heterocycles. The summed E-state index contributed by atoms with van der Waals surface area (Å²) < 4.78 is 0. The van der Waals surface area contributed by atoms with Crippen molar-refractivity contribution in [3.63, 3.8) is 0 Å². The Kier molecular flexibility index (Phi) is 11.7. The van der Waals surface area contributed by atoms with Crippen LogP contribution >= 0.6 is 0 Å². The highest BCUT2D eigenvalue weighted by Crippen LogP contribution is 2.43. The van der Waals surface area contributed by atoms with Crippen LogP contribution < -0.4 is 0 Å². The standard InChI is InChI=1S/C14H19N.C9H18.C2H6.CH4/c1-4-12-13(11-7-8-11)9-10-15(6-3)14(12)5-2;1-8-4-6-9(2,3)7-5-8;1-2;/h5-6,9-11H,3-4,7-8H2,1-2H3;8H,4-7H2,1-3H3;1-2H3;1H4/b14-5-;;;. The number of hydrogen-bond acceptors (Lipinski definition) is 1. The van der Waals surface area contributed by atoms with Gasteiger partial charge in [-0.3, -0.25) is 0 Å². The third-order valence-corrected chi connectivity index (χ3v) is 5.82. The molecule has 0 aromatic carbocycles. The van der Waals surface area contributed by atoms with E-state index in [9.17, 15) is 0 Å². The van der Waals surface area contributed by atoms with E-state index in [1.807, 2.05) is 20.0 Å². The predicted octanol–water partition coefficient (Wildman–Crippen LogP) is 8.86. The maximum absolute atomic E-state index is 3.85. The van der Waals surface area contributed by atoms with Crippen LogP contribution in [-0.4, -0.2) is 4.90 Å². The zero-order chi connectivity index (χ0) is 19.7. The lowest BCUT2D eigenvalue weighted by Crippen LogP contribution is -2.19. The van der Waals surface area contributed by atoms with Crippen molar-refractivity contribution in [2.75, 3.05) is 0 Å². The zero-order valence-electron chi connectivity index (χ0n) is 18.6. The van der Waals surface area contributed by atoms with E-state index in [1.165, 1.54) is 49.8 Å². The van der Waals surface area contributed by atoms with E-state index >= 15 is 0 Å². The molecule has 0 aromatic heterocycles. The molecule has 0 atom stereocenters. The fourth-order valence-corrected chi connectivity index (χ4v) is 3.83. The van der Waals surface area contributed by atoms with E-state index in [2.05, 4.69) is 64.4 Å². The van der Waals surface area contributed by atoms with E-state index in [-0.39, 0.29) is 7.43 Å². The van der Waals surface area contributed by atoms with Crippen LogP contribution in [0.5, 0.6) is 0 Å². The Morgan fingerprint density at radius 3 is 2.07 bits per heavy atom. The molecule has 0 amide bonds. The Balaban J connectivity index is 0.000000487. The molecule has 0 aromatic rings. The van der Waals surface area contributed by atoms with E-state index in [0.717, 1.165) is 18.3 Å². The average Bonchev–Trinajstić information content (AvgIpc) is 3.50. The zero-order valence-corrected chi connectivity index (χ0v) is 18.6. The summed E-state index contributed by atoms with van der Waals surface area (Å²) in [5.74, 6) is 1.83. The first-order chi connectivity index (χ1) is 12.4. The Morgan fingerprint density at radius 1 is 1.15 bits per heavy atom. The molecule has 156 valence electrons. The van der Waals surface area contributed by atoms with Crippen molar-refractivity contribution in [3.05, 3.63) is 48.0 Å². The van der Waals surface area contributed by atoms with Crippen LogP contribution in [0.15, 0.2) is 48.0 Å². The average molecular weight is 374 g/mol. The van der Waals surface area contributed by atoms with Gasteiger partial charge < -0.3 is 4.90 Å². The predicted molar refractivity (Wildman–Crippen MR) is 124 cm³/mol. The van der Waals surface area contributed by atoms with Crippen molar-refractivity contribution in [1.82, 2.24) is 4.90 Å². The lowest BCUT2D eigenvalue weighted by atomic mass is 9.74. The molecule has 0 unspecified atom stereocenters. The minimum Gasteiger partial charge on any atom is -0.325 e. The van der Waals surface area contributed by atoms with Gasteiger partial charge in [-0.25, -0.2) is 0 Å². The lowest BCUT2D eigenvalue weighted by Gasteiger charge is -2.32. The molecule has 2 saturated carbocycles. The van der Waals surface area contributed by atoms with Gasteiger partial charge in [-0.15, -0.1) is 0 Å². The molecule has 2 fully saturated rings. The maximum atomic E-state index is 3.85.